The van der Waals surface area contributed by atoms with Crippen LogP contribution in [0.1, 0.15) is 55.5 Å². The first-order valence-electron chi connectivity index (χ1n) is 7.33. The molecule has 4 nitrogen and oxygen atoms in total. The molecule has 2 heterocycles. The van der Waals surface area contributed by atoms with E-state index in [-0.39, 0.29) is 0 Å². The van der Waals surface area contributed by atoms with E-state index < -0.39 is 0 Å². The highest BCUT2D eigenvalue weighted by Gasteiger charge is 2.17. The maximum atomic E-state index is 4.70. The van der Waals surface area contributed by atoms with Crippen LogP contribution in [0.25, 0.3) is 0 Å². The lowest BCUT2D eigenvalue weighted by molar-refractivity contribution is 0.467. The highest BCUT2D eigenvalue weighted by molar-refractivity contribution is 7.09. The number of hydrogen-bond acceptors (Lipinski definition) is 4. The van der Waals surface area contributed by atoms with E-state index in [4.69, 9.17) is 5.10 Å². The Hall–Kier alpha value is -1.20. The van der Waals surface area contributed by atoms with Gasteiger partial charge in [0.2, 0.25) is 0 Å². The van der Waals surface area contributed by atoms with Crippen molar-refractivity contribution in [2.45, 2.75) is 52.6 Å². The molecule has 2 unspecified atom stereocenters. The van der Waals surface area contributed by atoms with Gasteiger partial charge in [0, 0.05) is 29.6 Å². The van der Waals surface area contributed by atoms with Gasteiger partial charge >= 0.3 is 0 Å². The van der Waals surface area contributed by atoms with Crippen LogP contribution in [0, 0.1) is 6.92 Å². The Balaban J connectivity index is 2.12. The molecular formula is C15H24N4S. The van der Waals surface area contributed by atoms with Crippen molar-refractivity contribution in [2.24, 2.45) is 0 Å². The zero-order valence-corrected chi connectivity index (χ0v) is 13.6. The molecule has 0 aliphatic rings. The van der Waals surface area contributed by atoms with Crippen molar-refractivity contribution in [1.29, 1.82) is 0 Å². The number of likely N-dealkylation sites (N-methyl/N-ethyl adjacent to an activating group) is 1. The molecule has 0 aliphatic heterocycles. The van der Waals surface area contributed by atoms with E-state index >= 15 is 0 Å². The summed E-state index contributed by atoms with van der Waals surface area (Å²) in [7, 11) is 0. The number of thiazole rings is 1. The van der Waals surface area contributed by atoms with Gasteiger partial charge in [0.25, 0.3) is 0 Å². The summed E-state index contributed by atoms with van der Waals surface area (Å²) in [6, 6.07) is 2.91. The summed E-state index contributed by atoms with van der Waals surface area (Å²) < 4.78 is 2.07. The van der Waals surface area contributed by atoms with Gasteiger partial charge in [-0.1, -0.05) is 13.8 Å². The average Bonchev–Trinajstić information content (AvgIpc) is 3.06. The third-order valence-corrected chi connectivity index (χ3v) is 4.71. The second kappa shape index (κ2) is 6.99. The second-order valence-corrected chi connectivity index (χ2v) is 6.05. The largest absolute Gasteiger partial charge is 0.309 e. The highest BCUT2D eigenvalue weighted by atomic mass is 32.1. The summed E-state index contributed by atoms with van der Waals surface area (Å²) in [6.45, 7) is 9.56. The quantitative estimate of drug-likeness (QED) is 0.849. The molecule has 20 heavy (non-hydrogen) atoms. The minimum Gasteiger partial charge on any atom is -0.309 e. The minimum atomic E-state index is 0.313. The lowest BCUT2D eigenvalue weighted by Gasteiger charge is -2.16. The van der Waals surface area contributed by atoms with E-state index in [0.29, 0.717) is 12.1 Å². The average molecular weight is 292 g/mol. The van der Waals surface area contributed by atoms with Crippen LogP contribution in [0.2, 0.25) is 0 Å². The molecule has 5 heteroatoms. The van der Waals surface area contributed by atoms with E-state index in [2.05, 4.69) is 54.9 Å². The van der Waals surface area contributed by atoms with Gasteiger partial charge in [-0.3, -0.25) is 4.68 Å². The van der Waals surface area contributed by atoms with Gasteiger partial charge in [-0.05, 0) is 32.9 Å². The smallest absolute Gasteiger partial charge is 0.0798 e. The summed E-state index contributed by atoms with van der Waals surface area (Å²) in [5.74, 6) is 0. The molecule has 1 N–H and O–H groups in total. The molecule has 0 bridgehead atoms. The van der Waals surface area contributed by atoms with Crippen LogP contribution in [0.5, 0.6) is 0 Å². The molecule has 0 saturated carbocycles. The third-order valence-electron chi connectivity index (χ3n) is 3.67. The molecule has 0 spiro atoms. The fourth-order valence-electron chi connectivity index (χ4n) is 2.28. The third kappa shape index (κ3) is 3.46. The predicted octanol–water partition coefficient (Wildman–Crippen LogP) is 3.51. The lowest BCUT2D eigenvalue weighted by Crippen LogP contribution is -2.23. The minimum absolute atomic E-state index is 0.313. The summed E-state index contributed by atoms with van der Waals surface area (Å²) in [4.78, 5) is 5.69. The molecule has 0 saturated heterocycles. The molecule has 0 aliphatic carbocycles. The zero-order chi connectivity index (χ0) is 14.5. The summed E-state index contributed by atoms with van der Waals surface area (Å²) in [6.07, 6.45) is 4.11. The number of rotatable bonds is 7. The van der Waals surface area contributed by atoms with Gasteiger partial charge in [-0.2, -0.15) is 5.10 Å². The van der Waals surface area contributed by atoms with Crippen LogP contribution >= 0.6 is 11.3 Å². The summed E-state index contributed by atoms with van der Waals surface area (Å²) in [5, 5.41) is 8.25. The molecule has 2 rings (SSSR count). The van der Waals surface area contributed by atoms with Crippen molar-refractivity contribution in [3.63, 3.8) is 0 Å². The van der Waals surface area contributed by atoms with Gasteiger partial charge in [0.05, 0.1) is 16.9 Å². The number of nitrogens with one attached hydrogen (secondary N) is 1. The fraction of sp³-hybridized carbons (Fsp3) is 0.600. The normalized spacial score (nSPS) is 14.4. The van der Waals surface area contributed by atoms with E-state index in [9.17, 15) is 0 Å². The van der Waals surface area contributed by atoms with Crippen molar-refractivity contribution >= 4 is 11.3 Å². The zero-order valence-electron chi connectivity index (χ0n) is 12.8. The van der Waals surface area contributed by atoms with Gasteiger partial charge < -0.3 is 5.32 Å². The SMILES string of the molecule is CCNC(Cc1ccn(C(C)CC)n1)c1scnc1C. The Kier molecular flexibility index (Phi) is 5.31. The Morgan fingerprint density at radius 1 is 1.40 bits per heavy atom. The van der Waals surface area contributed by atoms with Crippen molar-refractivity contribution in [3.05, 3.63) is 34.0 Å². The van der Waals surface area contributed by atoms with Crippen LogP contribution in [0.3, 0.4) is 0 Å². The first-order valence-corrected chi connectivity index (χ1v) is 8.21. The monoisotopic (exact) mass is 292 g/mol. The predicted molar refractivity (Wildman–Crippen MR) is 84.2 cm³/mol. The molecular weight excluding hydrogens is 268 g/mol. The first kappa shape index (κ1) is 15.2. The second-order valence-electron chi connectivity index (χ2n) is 5.16. The Morgan fingerprint density at radius 2 is 2.20 bits per heavy atom. The van der Waals surface area contributed by atoms with E-state index in [1.54, 1.807) is 11.3 Å². The lowest BCUT2D eigenvalue weighted by atomic mass is 10.1. The van der Waals surface area contributed by atoms with Gasteiger partial charge in [-0.15, -0.1) is 11.3 Å². The topological polar surface area (TPSA) is 42.7 Å². The van der Waals surface area contributed by atoms with Crippen LogP contribution < -0.4 is 5.32 Å². The van der Waals surface area contributed by atoms with Crippen molar-refractivity contribution in [1.82, 2.24) is 20.1 Å². The Bertz CT molecular complexity index is 531. The molecule has 0 amide bonds. The summed E-state index contributed by atoms with van der Waals surface area (Å²) in [5.41, 5.74) is 4.19. The standard InChI is InChI=1S/C15H24N4S/c1-5-11(3)19-8-7-13(18-19)9-14(16-6-2)15-12(4)17-10-20-15/h7-8,10-11,14,16H,5-6,9H2,1-4H3. The van der Waals surface area contributed by atoms with E-state index in [1.807, 2.05) is 5.51 Å². The van der Waals surface area contributed by atoms with Gasteiger partial charge in [-0.25, -0.2) is 4.98 Å². The van der Waals surface area contributed by atoms with Gasteiger partial charge in [0.1, 0.15) is 0 Å². The number of aryl methyl sites for hydroxylation is 1. The van der Waals surface area contributed by atoms with Crippen LogP contribution in [0.4, 0.5) is 0 Å². The number of aromatic nitrogens is 3. The Labute approximate surface area is 125 Å². The summed E-state index contributed by atoms with van der Waals surface area (Å²) >= 11 is 1.73. The van der Waals surface area contributed by atoms with Crippen LogP contribution in [-0.4, -0.2) is 21.3 Å². The number of nitrogens with zero attached hydrogens (tertiary/aromatic N) is 3. The molecule has 2 aromatic heterocycles. The van der Waals surface area contributed by atoms with Crippen molar-refractivity contribution in [2.75, 3.05) is 6.54 Å². The van der Waals surface area contributed by atoms with E-state index in [1.165, 1.54) is 4.88 Å². The van der Waals surface area contributed by atoms with Crippen LogP contribution in [0.15, 0.2) is 17.8 Å². The molecule has 110 valence electrons. The van der Waals surface area contributed by atoms with Crippen molar-refractivity contribution in [3.8, 4) is 0 Å². The first-order chi connectivity index (χ1) is 9.65. The molecule has 2 atom stereocenters. The maximum absolute atomic E-state index is 4.70. The van der Waals surface area contributed by atoms with Crippen LogP contribution in [-0.2, 0) is 6.42 Å². The number of hydrogen-bond donors (Lipinski definition) is 1. The fourth-order valence-corrected chi connectivity index (χ4v) is 3.16. The molecule has 0 aromatic carbocycles. The Morgan fingerprint density at radius 3 is 2.80 bits per heavy atom. The molecule has 0 radical (unpaired) electrons. The maximum Gasteiger partial charge on any atom is 0.0798 e. The molecule has 0 fully saturated rings. The molecule has 2 aromatic rings. The van der Waals surface area contributed by atoms with Crippen molar-refractivity contribution < 1.29 is 0 Å². The van der Waals surface area contributed by atoms with E-state index in [0.717, 1.165) is 30.8 Å². The highest BCUT2D eigenvalue weighted by Crippen LogP contribution is 2.25. The van der Waals surface area contributed by atoms with Gasteiger partial charge in [0.15, 0.2) is 0 Å².